The molecule has 2 rings (SSSR count). The first-order valence-corrected chi connectivity index (χ1v) is 9.00. The maximum atomic E-state index is 6.12. The molecule has 1 saturated carbocycles. The largest absolute Gasteiger partial charge is 0.330 e. The molecule has 3 heteroatoms. The molecule has 114 valence electrons. The highest BCUT2D eigenvalue weighted by Crippen LogP contribution is 2.38. The summed E-state index contributed by atoms with van der Waals surface area (Å²) in [5.41, 5.74) is 6.55. The Balaban J connectivity index is 1.90. The lowest BCUT2D eigenvalue weighted by Gasteiger charge is -2.38. The standard InChI is InChI=1S/C17H30N2S/c1-15(2)19(13-16-7-6-12-20-16)11-10-17(14-18)8-4-3-5-9-17/h6-7,12,15H,3-5,8-11,13-14,18H2,1-2H3. The smallest absolute Gasteiger partial charge is 0.0330 e. The molecule has 1 fully saturated rings. The van der Waals surface area contributed by atoms with Gasteiger partial charge in [-0.15, -0.1) is 11.3 Å². The van der Waals surface area contributed by atoms with Gasteiger partial charge in [0.25, 0.3) is 0 Å². The molecule has 0 aromatic carbocycles. The fraction of sp³-hybridized carbons (Fsp3) is 0.765. The lowest BCUT2D eigenvalue weighted by Crippen LogP contribution is -2.39. The first-order chi connectivity index (χ1) is 9.65. The number of nitrogens with zero attached hydrogens (tertiary/aromatic N) is 1. The Morgan fingerprint density at radius 1 is 1.30 bits per heavy atom. The number of nitrogens with two attached hydrogens (primary N) is 1. The van der Waals surface area contributed by atoms with Gasteiger partial charge in [-0.3, -0.25) is 4.90 Å². The van der Waals surface area contributed by atoms with Crippen molar-refractivity contribution in [3.8, 4) is 0 Å². The van der Waals surface area contributed by atoms with Gasteiger partial charge in [0.05, 0.1) is 0 Å². The molecule has 0 aliphatic heterocycles. The highest BCUT2D eigenvalue weighted by atomic mass is 32.1. The molecule has 0 spiro atoms. The number of rotatable bonds is 7. The maximum Gasteiger partial charge on any atom is 0.0330 e. The molecular weight excluding hydrogens is 264 g/mol. The van der Waals surface area contributed by atoms with Crippen LogP contribution in [0.2, 0.25) is 0 Å². The summed E-state index contributed by atoms with van der Waals surface area (Å²) in [5, 5.41) is 2.18. The van der Waals surface area contributed by atoms with E-state index in [2.05, 4.69) is 36.3 Å². The van der Waals surface area contributed by atoms with Crippen LogP contribution in [0.25, 0.3) is 0 Å². The van der Waals surface area contributed by atoms with Crippen molar-refractivity contribution in [2.75, 3.05) is 13.1 Å². The molecule has 0 unspecified atom stereocenters. The molecule has 1 aliphatic carbocycles. The Kier molecular flexibility index (Phi) is 6.06. The topological polar surface area (TPSA) is 29.3 Å². The van der Waals surface area contributed by atoms with E-state index in [-0.39, 0.29) is 0 Å². The maximum absolute atomic E-state index is 6.12. The molecule has 2 N–H and O–H groups in total. The summed E-state index contributed by atoms with van der Waals surface area (Å²) in [4.78, 5) is 4.09. The van der Waals surface area contributed by atoms with Gasteiger partial charge < -0.3 is 5.73 Å². The highest BCUT2D eigenvalue weighted by Gasteiger charge is 2.31. The minimum atomic E-state index is 0.431. The predicted octanol–water partition coefficient (Wildman–Crippen LogP) is 4.26. The van der Waals surface area contributed by atoms with Crippen molar-refractivity contribution in [3.05, 3.63) is 22.4 Å². The zero-order valence-corrected chi connectivity index (χ0v) is 13.9. The number of hydrogen-bond acceptors (Lipinski definition) is 3. The number of thiophene rings is 1. The van der Waals surface area contributed by atoms with Crippen LogP contribution in [0.15, 0.2) is 17.5 Å². The second-order valence-electron chi connectivity index (χ2n) is 6.66. The zero-order valence-electron chi connectivity index (χ0n) is 13.1. The highest BCUT2D eigenvalue weighted by molar-refractivity contribution is 7.09. The van der Waals surface area contributed by atoms with Crippen molar-refractivity contribution in [1.29, 1.82) is 0 Å². The summed E-state index contributed by atoms with van der Waals surface area (Å²) >= 11 is 1.87. The van der Waals surface area contributed by atoms with E-state index in [9.17, 15) is 0 Å². The second kappa shape index (κ2) is 7.58. The van der Waals surface area contributed by atoms with E-state index in [1.807, 2.05) is 11.3 Å². The minimum absolute atomic E-state index is 0.431. The van der Waals surface area contributed by atoms with Gasteiger partial charge in [0, 0.05) is 17.5 Å². The third kappa shape index (κ3) is 4.31. The van der Waals surface area contributed by atoms with Crippen LogP contribution in [0.5, 0.6) is 0 Å². The first kappa shape index (κ1) is 16.0. The van der Waals surface area contributed by atoms with Gasteiger partial charge in [0.1, 0.15) is 0 Å². The quantitative estimate of drug-likeness (QED) is 0.814. The third-order valence-electron chi connectivity index (χ3n) is 4.95. The van der Waals surface area contributed by atoms with Crippen molar-refractivity contribution in [3.63, 3.8) is 0 Å². The van der Waals surface area contributed by atoms with Crippen molar-refractivity contribution in [2.24, 2.45) is 11.1 Å². The normalized spacial score (nSPS) is 18.9. The molecule has 0 atom stereocenters. The fourth-order valence-electron chi connectivity index (χ4n) is 3.36. The van der Waals surface area contributed by atoms with Gasteiger partial charge >= 0.3 is 0 Å². The monoisotopic (exact) mass is 294 g/mol. The lowest BCUT2D eigenvalue weighted by molar-refractivity contribution is 0.128. The van der Waals surface area contributed by atoms with Crippen molar-refractivity contribution >= 4 is 11.3 Å². The van der Waals surface area contributed by atoms with Gasteiger partial charge in [-0.25, -0.2) is 0 Å². The van der Waals surface area contributed by atoms with Crippen LogP contribution in [-0.2, 0) is 6.54 Å². The molecule has 1 aliphatic rings. The van der Waals surface area contributed by atoms with Crippen LogP contribution in [0.4, 0.5) is 0 Å². The molecule has 1 aromatic heterocycles. The van der Waals surface area contributed by atoms with E-state index in [4.69, 9.17) is 5.73 Å². The molecule has 1 aromatic rings. The van der Waals surface area contributed by atoms with Crippen LogP contribution in [0.3, 0.4) is 0 Å². The van der Waals surface area contributed by atoms with Crippen LogP contribution in [-0.4, -0.2) is 24.0 Å². The van der Waals surface area contributed by atoms with Crippen molar-refractivity contribution in [1.82, 2.24) is 4.90 Å². The summed E-state index contributed by atoms with van der Waals surface area (Å²) in [6.07, 6.45) is 8.12. The van der Waals surface area contributed by atoms with Crippen LogP contribution >= 0.6 is 11.3 Å². The summed E-state index contributed by atoms with van der Waals surface area (Å²) in [6, 6.07) is 5.01. The van der Waals surface area contributed by atoms with E-state index < -0.39 is 0 Å². The number of hydrogen-bond donors (Lipinski definition) is 1. The van der Waals surface area contributed by atoms with E-state index in [0.29, 0.717) is 11.5 Å². The summed E-state index contributed by atoms with van der Waals surface area (Å²) in [7, 11) is 0. The van der Waals surface area contributed by atoms with Gasteiger partial charge in [0.15, 0.2) is 0 Å². The molecule has 2 nitrogen and oxygen atoms in total. The van der Waals surface area contributed by atoms with Gasteiger partial charge in [-0.1, -0.05) is 25.3 Å². The van der Waals surface area contributed by atoms with E-state index in [1.54, 1.807) is 0 Å². The zero-order chi connectivity index (χ0) is 14.4. The lowest BCUT2D eigenvalue weighted by atomic mass is 9.72. The molecule has 20 heavy (non-hydrogen) atoms. The van der Waals surface area contributed by atoms with Crippen LogP contribution in [0.1, 0.15) is 57.2 Å². The third-order valence-corrected chi connectivity index (χ3v) is 5.81. The minimum Gasteiger partial charge on any atom is -0.330 e. The molecule has 0 radical (unpaired) electrons. The van der Waals surface area contributed by atoms with Crippen molar-refractivity contribution < 1.29 is 0 Å². The summed E-state index contributed by atoms with van der Waals surface area (Å²) in [6.45, 7) is 7.77. The van der Waals surface area contributed by atoms with E-state index in [0.717, 1.165) is 13.1 Å². The summed E-state index contributed by atoms with van der Waals surface area (Å²) < 4.78 is 0. The van der Waals surface area contributed by atoms with Crippen molar-refractivity contribution in [2.45, 2.75) is 65.0 Å². The van der Waals surface area contributed by atoms with Crippen LogP contribution < -0.4 is 5.73 Å². The Hall–Kier alpha value is -0.380. The SMILES string of the molecule is CC(C)N(CCC1(CN)CCCCC1)Cc1cccs1. The average molecular weight is 295 g/mol. The molecule has 0 bridgehead atoms. The molecular formula is C17H30N2S. The molecule has 1 heterocycles. The van der Waals surface area contributed by atoms with Crippen LogP contribution in [0, 0.1) is 5.41 Å². The Morgan fingerprint density at radius 2 is 2.05 bits per heavy atom. The fourth-order valence-corrected chi connectivity index (χ4v) is 4.09. The Labute approximate surface area is 128 Å². The predicted molar refractivity (Wildman–Crippen MR) is 89.1 cm³/mol. The van der Waals surface area contributed by atoms with Gasteiger partial charge in [-0.05, 0) is 63.1 Å². The van der Waals surface area contributed by atoms with Gasteiger partial charge in [0.2, 0.25) is 0 Å². The Bertz CT molecular complexity index is 366. The second-order valence-corrected chi connectivity index (χ2v) is 7.69. The summed E-state index contributed by atoms with van der Waals surface area (Å²) in [5.74, 6) is 0. The molecule has 0 saturated heterocycles. The van der Waals surface area contributed by atoms with E-state index >= 15 is 0 Å². The Morgan fingerprint density at radius 3 is 2.60 bits per heavy atom. The van der Waals surface area contributed by atoms with Gasteiger partial charge in [-0.2, -0.15) is 0 Å². The van der Waals surface area contributed by atoms with E-state index in [1.165, 1.54) is 49.9 Å². The first-order valence-electron chi connectivity index (χ1n) is 8.12. The molecule has 0 amide bonds. The average Bonchev–Trinajstić information content (AvgIpc) is 2.97.